The highest BCUT2D eigenvalue weighted by molar-refractivity contribution is 5.92. The van der Waals surface area contributed by atoms with Crippen LogP contribution < -0.4 is 4.90 Å². The van der Waals surface area contributed by atoms with Crippen molar-refractivity contribution in [3.63, 3.8) is 0 Å². The first-order valence-electron chi connectivity index (χ1n) is 6.63. The van der Waals surface area contributed by atoms with Crippen LogP contribution in [0.5, 0.6) is 0 Å². The summed E-state index contributed by atoms with van der Waals surface area (Å²) in [7, 11) is 0. The number of rotatable bonds is 1. The van der Waals surface area contributed by atoms with Crippen molar-refractivity contribution in [3.8, 4) is 0 Å². The van der Waals surface area contributed by atoms with Crippen LogP contribution in [0.3, 0.4) is 0 Å². The van der Waals surface area contributed by atoms with Gasteiger partial charge in [-0.05, 0) is 29.3 Å². The normalized spacial score (nSPS) is 12.7. The Morgan fingerprint density at radius 1 is 0.650 bits per heavy atom. The molecule has 0 unspecified atom stereocenters. The molecule has 4 rings (SSSR count). The summed E-state index contributed by atoms with van der Waals surface area (Å²) in [6.45, 7) is 0. The maximum absolute atomic E-state index is 5.64. The fourth-order valence-corrected chi connectivity index (χ4v) is 2.61. The van der Waals surface area contributed by atoms with Crippen LogP contribution >= 0.6 is 0 Å². The van der Waals surface area contributed by atoms with Gasteiger partial charge in [0.05, 0.1) is 17.6 Å². The quantitative estimate of drug-likeness (QED) is 0.465. The van der Waals surface area contributed by atoms with Crippen LogP contribution in [0.4, 0.5) is 17.3 Å². The minimum atomic E-state index is 0.827. The Morgan fingerprint density at radius 3 is 1.80 bits per heavy atom. The minimum Gasteiger partial charge on any atom is -0.448 e. The first-order valence-corrected chi connectivity index (χ1v) is 6.63. The van der Waals surface area contributed by atoms with Crippen molar-refractivity contribution in [2.24, 2.45) is 0 Å². The zero-order valence-corrected chi connectivity index (χ0v) is 10.9. The van der Waals surface area contributed by atoms with Crippen molar-refractivity contribution in [3.05, 3.63) is 78.1 Å². The summed E-state index contributed by atoms with van der Waals surface area (Å²) in [5.41, 5.74) is 4.62. The third-order valence-corrected chi connectivity index (χ3v) is 3.52. The van der Waals surface area contributed by atoms with E-state index >= 15 is 0 Å². The Balaban J connectivity index is 2.03. The Labute approximate surface area is 117 Å². The predicted molar refractivity (Wildman–Crippen MR) is 82.3 cm³/mol. The molecule has 0 saturated heterocycles. The molecular weight excluding hydrogens is 246 g/mol. The van der Waals surface area contributed by atoms with E-state index in [1.807, 2.05) is 12.1 Å². The number of hydrogen-bond donors (Lipinski definition) is 0. The molecule has 0 atom stereocenters. The van der Waals surface area contributed by atoms with E-state index in [0.717, 1.165) is 17.3 Å². The SMILES string of the molecule is C1=Cc2ccccc2N(c2ccco2)c2ccccc21. The molecule has 0 fully saturated rings. The molecule has 0 amide bonds. The van der Waals surface area contributed by atoms with Crippen LogP contribution in [-0.2, 0) is 0 Å². The monoisotopic (exact) mass is 259 g/mol. The third kappa shape index (κ3) is 1.66. The van der Waals surface area contributed by atoms with Crippen LogP contribution in [0.2, 0.25) is 0 Å². The largest absolute Gasteiger partial charge is 0.448 e. The van der Waals surface area contributed by atoms with E-state index in [-0.39, 0.29) is 0 Å². The van der Waals surface area contributed by atoms with Gasteiger partial charge in [-0.15, -0.1) is 0 Å². The smallest absolute Gasteiger partial charge is 0.204 e. The molecule has 0 radical (unpaired) electrons. The van der Waals surface area contributed by atoms with Gasteiger partial charge in [-0.3, -0.25) is 4.90 Å². The van der Waals surface area contributed by atoms with E-state index in [9.17, 15) is 0 Å². The zero-order chi connectivity index (χ0) is 13.4. The molecular formula is C18H13NO. The standard InChI is InChI=1S/C18H13NO/c1-3-8-16-14(6-1)11-12-15-7-2-4-9-17(15)19(16)18-10-5-13-20-18/h1-13H. The number of nitrogens with zero attached hydrogens (tertiary/aromatic N) is 1. The molecule has 0 aliphatic carbocycles. The van der Waals surface area contributed by atoms with Gasteiger partial charge in [0.2, 0.25) is 5.88 Å². The lowest BCUT2D eigenvalue weighted by atomic mass is 10.1. The lowest BCUT2D eigenvalue weighted by Gasteiger charge is -2.24. The lowest BCUT2D eigenvalue weighted by Crippen LogP contribution is -2.10. The molecule has 0 bridgehead atoms. The van der Waals surface area contributed by atoms with Crippen LogP contribution in [0.25, 0.3) is 12.2 Å². The summed E-state index contributed by atoms with van der Waals surface area (Å²) >= 11 is 0. The minimum absolute atomic E-state index is 0.827. The number of benzene rings is 2. The number of para-hydroxylation sites is 2. The summed E-state index contributed by atoms with van der Waals surface area (Å²) in [5, 5.41) is 0. The molecule has 96 valence electrons. The molecule has 1 aliphatic heterocycles. The summed E-state index contributed by atoms with van der Waals surface area (Å²) in [6.07, 6.45) is 6.01. The first kappa shape index (κ1) is 11.1. The van der Waals surface area contributed by atoms with Gasteiger partial charge in [0.1, 0.15) is 0 Å². The van der Waals surface area contributed by atoms with Crippen LogP contribution in [0.1, 0.15) is 11.1 Å². The van der Waals surface area contributed by atoms with Crippen LogP contribution in [-0.4, -0.2) is 0 Å². The van der Waals surface area contributed by atoms with Crippen molar-refractivity contribution >= 4 is 29.4 Å². The second kappa shape index (κ2) is 4.42. The molecule has 2 nitrogen and oxygen atoms in total. The van der Waals surface area contributed by atoms with Gasteiger partial charge in [0.25, 0.3) is 0 Å². The number of hydrogen-bond acceptors (Lipinski definition) is 2. The molecule has 2 heteroatoms. The Kier molecular flexibility index (Phi) is 2.46. The van der Waals surface area contributed by atoms with Crippen molar-refractivity contribution in [2.45, 2.75) is 0 Å². The lowest BCUT2D eigenvalue weighted by molar-refractivity contribution is 0.574. The topological polar surface area (TPSA) is 16.4 Å². The average molecular weight is 259 g/mol. The van der Waals surface area contributed by atoms with Crippen molar-refractivity contribution in [1.82, 2.24) is 0 Å². The highest BCUT2D eigenvalue weighted by Crippen LogP contribution is 2.41. The van der Waals surface area contributed by atoms with E-state index in [2.05, 4.69) is 65.6 Å². The Bertz CT molecular complexity index is 722. The molecule has 0 saturated carbocycles. The fourth-order valence-electron chi connectivity index (χ4n) is 2.61. The maximum Gasteiger partial charge on any atom is 0.204 e. The molecule has 1 aliphatic rings. The first-order chi connectivity index (χ1) is 9.93. The summed E-state index contributed by atoms with van der Waals surface area (Å²) in [5.74, 6) is 0.827. The van der Waals surface area contributed by atoms with Gasteiger partial charge in [0.15, 0.2) is 0 Å². The van der Waals surface area contributed by atoms with Crippen LogP contribution in [0.15, 0.2) is 71.3 Å². The third-order valence-electron chi connectivity index (χ3n) is 3.52. The molecule has 2 aromatic carbocycles. The predicted octanol–water partition coefficient (Wildman–Crippen LogP) is 5.23. The van der Waals surface area contributed by atoms with E-state index in [1.165, 1.54) is 11.1 Å². The summed E-state index contributed by atoms with van der Waals surface area (Å²) in [4.78, 5) is 2.16. The fraction of sp³-hybridized carbons (Fsp3) is 0. The van der Waals surface area contributed by atoms with Gasteiger partial charge in [-0.1, -0.05) is 48.6 Å². The van der Waals surface area contributed by atoms with Gasteiger partial charge < -0.3 is 4.42 Å². The highest BCUT2D eigenvalue weighted by Gasteiger charge is 2.20. The van der Waals surface area contributed by atoms with Crippen molar-refractivity contribution in [1.29, 1.82) is 0 Å². The van der Waals surface area contributed by atoms with Gasteiger partial charge in [0, 0.05) is 6.07 Å². The van der Waals surface area contributed by atoms with E-state index < -0.39 is 0 Å². The zero-order valence-electron chi connectivity index (χ0n) is 10.9. The molecule has 0 N–H and O–H groups in total. The van der Waals surface area contributed by atoms with Crippen molar-refractivity contribution < 1.29 is 4.42 Å². The highest BCUT2D eigenvalue weighted by atomic mass is 16.3. The Morgan fingerprint density at radius 2 is 1.25 bits per heavy atom. The van der Waals surface area contributed by atoms with Crippen molar-refractivity contribution in [2.75, 3.05) is 4.90 Å². The Hall–Kier alpha value is -2.74. The number of furan rings is 1. The number of anilines is 3. The summed E-state index contributed by atoms with van der Waals surface area (Å²) in [6, 6.07) is 20.6. The summed E-state index contributed by atoms with van der Waals surface area (Å²) < 4.78 is 5.64. The van der Waals surface area contributed by atoms with E-state index in [4.69, 9.17) is 4.42 Å². The second-order valence-corrected chi connectivity index (χ2v) is 4.74. The second-order valence-electron chi connectivity index (χ2n) is 4.74. The van der Waals surface area contributed by atoms with Gasteiger partial charge in [-0.25, -0.2) is 0 Å². The molecule has 2 heterocycles. The number of fused-ring (bicyclic) bond motifs is 2. The van der Waals surface area contributed by atoms with E-state index in [1.54, 1.807) is 6.26 Å². The van der Waals surface area contributed by atoms with Crippen LogP contribution in [0, 0.1) is 0 Å². The van der Waals surface area contributed by atoms with Gasteiger partial charge >= 0.3 is 0 Å². The molecule has 3 aromatic rings. The molecule has 20 heavy (non-hydrogen) atoms. The average Bonchev–Trinajstić information content (AvgIpc) is 2.96. The molecule has 0 spiro atoms. The van der Waals surface area contributed by atoms with Gasteiger partial charge in [-0.2, -0.15) is 0 Å². The maximum atomic E-state index is 5.64. The molecule has 1 aromatic heterocycles. The van der Waals surface area contributed by atoms with E-state index in [0.29, 0.717) is 0 Å².